The maximum absolute atomic E-state index is 13.3. The van der Waals surface area contributed by atoms with Gasteiger partial charge in [-0.15, -0.1) is 23.2 Å². The maximum atomic E-state index is 13.3. The zero-order valence-electron chi connectivity index (χ0n) is 19.4. The summed E-state index contributed by atoms with van der Waals surface area (Å²) < 4.78 is 1.94. The Labute approximate surface area is 211 Å². The third kappa shape index (κ3) is 7.07. The molecule has 178 valence electrons. The largest absolute Gasteiger partial charge is 0.330 e. The molecule has 0 aliphatic carbocycles. The summed E-state index contributed by atoms with van der Waals surface area (Å²) in [5.41, 5.74) is 6.65. The van der Waals surface area contributed by atoms with Crippen LogP contribution in [0.3, 0.4) is 0 Å². The fourth-order valence-corrected chi connectivity index (χ4v) is 3.69. The summed E-state index contributed by atoms with van der Waals surface area (Å²) in [5, 5.41) is 10.2. The third-order valence-corrected chi connectivity index (χ3v) is 7.14. The van der Waals surface area contributed by atoms with Crippen LogP contribution in [0.4, 0.5) is 0 Å². The van der Waals surface area contributed by atoms with Gasteiger partial charge in [0.1, 0.15) is 0 Å². The molecule has 0 spiro atoms. The molecule has 0 bridgehead atoms. The number of hydrogen-bond donors (Lipinski definition) is 1. The lowest BCUT2D eigenvalue weighted by atomic mass is 10.0. The van der Waals surface area contributed by atoms with Crippen LogP contribution in [0.2, 0.25) is 0 Å². The smallest absolute Gasteiger partial charge is 0.242 e. The van der Waals surface area contributed by atoms with E-state index in [-0.39, 0.29) is 17.7 Å². The molecule has 1 amide bonds. The van der Waals surface area contributed by atoms with Gasteiger partial charge in [0.15, 0.2) is 0 Å². The van der Waals surface area contributed by atoms with Crippen LogP contribution < -0.4 is 5.43 Å². The average molecular weight is 498 g/mol. The average Bonchev–Trinajstić information content (AvgIpc) is 3.28. The molecule has 1 N–H and O–H groups in total. The van der Waals surface area contributed by atoms with Gasteiger partial charge in [-0.1, -0.05) is 49.4 Å². The number of nitrogens with one attached hydrogen (secondary N) is 1. The van der Waals surface area contributed by atoms with Crippen LogP contribution in [-0.2, 0) is 24.3 Å². The van der Waals surface area contributed by atoms with E-state index in [4.69, 9.17) is 28.5 Å². The Bertz CT molecular complexity index is 1110. The fraction of sp³-hybridized carbons (Fsp3) is 0.346. The lowest BCUT2D eigenvalue weighted by Gasteiger charge is -2.30. The van der Waals surface area contributed by atoms with Crippen LogP contribution in [0, 0.1) is 11.3 Å². The first kappa shape index (κ1) is 25.8. The standard InChI is InChI=1S/C26H29Cl2N5O/c1-3-26(2,28)24(27)16-31-33(18-21-7-5-4-6-8-21)25(34)13-23-15-30-19-32(23)17-22-11-9-20(14-29)10-12-22/h4-12,15,19,24,31H,3,13,16-18H2,1-2H3/t24-,26-/m0/s1. The highest BCUT2D eigenvalue weighted by molar-refractivity contribution is 6.32. The second-order valence-corrected chi connectivity index (χ2v) is 9.82. The van der Waals surface area contributed by atoms with Crippen molar-refractivity contribution in [3.05, 3.63) is 89.5 Å². The van der Waals surface area contributed by atoms with E-state index in [0.717, 1.165) is 16.8 Å². The molecular weight excluding hydrogens is 469 g/mol. The van der Waals surface area contributed by atoms with Gasteiger partial charge in [-0.05, 0) is 36.6 Å². The summed E-state index contributed by atoms with van der Waals surface area (Å²) in [5.74, 6) is -0.0953. The molecule has 8 heteroatoms. The Morgan fingerprint density at radius 3 is 2.56 bits per heavy atom. The first-order valence-electron chi connectivity index (χ1n) is 11.2. The summed E-state index contributed by atoms with van der Waals surface area (Å²) in [7, 11) is 0. The number of alkyl halides is 2. The molecule has 0 unspecified atom stereocenters. The predicted octanol–water partition coefficient (Wildman–Crippen LogP) is 4.89. The van der Waals surface area contributed by atoms with Crippen molar-refractivity contribution >= 4 is 29.1 Å². The molecule has 1 heterocycles. The van der Waals surface area contributed by atoms with Crippen molar-refractivity contribution in [1.29, 1.82) is 5.26 Å². The number of benzene rings is 2. The number of nitriles is 1. The molecule has 6 nitrogen and oxygen atoms in total. The number of carbonyl (C=O) groups excluding carboxylic acids is 1. The van der Waals surface area contributed by atoms with E-state index in [1.807, 2.05) is 60.9 Å². The van der Waals surface area contributed by atoms with Crippen LogP contribution in [-0.4, -0.2) is 37.3 Å². The molecule has 0 saturated carbocycles. The van der Waals surface area contributed by atoms with Gasteiger partial charge in [0, 0.05) is 25.0 Å². The van der Waals surface area contributed by atoms with Crippen LogP contribution in [0.5, 0.6) is 0 Å². The Kier molecular flexibility index (Phi) is 9.12. The minimum atomic E-state index is -0.574. The van der Waals surface area contributed by atoms with Gasteiger partial charge in [0.25, 0.3) is 0 Å². The van der Waals surface area contributed by atoms with Crippen molar-refractivity contribution < 1.29 is 4.79 Å². The van der Waals surface area contributed by atoms with Gasteiger partial charge in [-0.3, -0.25) is 9.80 Å². The Morgan fingerprint density at radius 1 is 1.21 bits per heavy atom. The number of amides is 1. The van der Waals surface area contributed by atoms with Crippen LogP contribution in [0.15, 0.2) is 67.1 Å². The lowest BCUT2D eigenvalue weighted by molar-refractivity contribution is -0.134. The summed E-state index contributed by atoms with van der Waals surface area (Å²) in [4.78, 5) is 17.0. The van der Waals surface area contributed by atoms with Crippen LogP contribution in [0.25, 0.3) is 0 Å². The molecule has 3 rings (SSSR count). The molecule has 1 aromatic heterocycles. The van der Waals surface area contributed by atoms with Gasteiger partial charge >= 0.3 is 0 Å². The first-order valence-corrected chi connectivity index (χ1v) is 12.0. The topological polar surface area (TPSA) is 74.0 Å². The second kappa shape index (κ2) is 12.0. The van der Waals surface area contributed by atoms with E-state index in [0.29, 0.717) is 31.6 Å². The molecule has 34 heavy (non-hydrogen) atoms. The predicted molar refractivity (Wildman–Crippen MR) is 135 cm³/mol. The van der Waals surface area contributed by atoms with E-state index in [2.05, 4.69) is 16.5 Å². The SMILES string of the molecule is CC[C@](C)(Cl)[C@@H](Cl)CNN(Cc1ccccc1)C(=O)Cc1cncn1Cc1ccc(C#N)cc1. The van der Waals surface area contributed by atoms with Crippen molar-refractivity contribution in [1.82, 2.24) is 20.0 Å². The zero-order chi connectivity index (χ0) is 24.6. The number of imidazole rings is 1. The second-order valence-electron chi connectivity index (χ2n) is 8.43. The Hall–Kier alpha value is -2.85. The number of nitrogens with zero attached hydrogens (tertiary/aromatic N) is 4. The quantitative estimate of drug-likeness (QED) is 0.302. The fourth-order valence-electron chi connectivity index (χ4n) is 3.39. The van der Waals surface area contributed by atoms with Crippen LogP contribution >= 0.6 is 23.2 Å². The third-order valence-electron chi connectivity index (χ3n) is 5.86. The van der Waals surface area contributed by atoms with E-state index in [1.54, 1.807) is 29.7 Å². The Balaban J connectivity index is 1.72. The summed E-state index contributed by atoms with van der Waals surface area (Å²) in [6.45, 7) is 5.21. The highest BCUT2D eigenvalue weighted by Gasteiger charge is 2.29. The number of rotatable bonds is 11. The summed E-state index contributed by atoms with van der Waals surface area (Å²) >= 11 is 13.1. The van der Waals surface area contributed by atoms with E-state index >= 15 is 0 Å². The van der Waals surface area contributed by atoms with Gasteiger partial charge < -0.3 is 4.57 Å². The zero-order valence-corrected chi connectivity index (χ0v) is 20.9. The molecule has 0 fully saturated rings. The van der Waals surface area contributed by atoms with E-state index < -0.39 is 4.87 Å². The monoisotopic (exact) mass is 497 g/mol. The van der Waals surface area contributed by atoms with Crippen molar-refractivity contribution in [2.75, 3.05) is 6.54 Å². The molecular formula is C26H29Cl2N5O. The van der Waals surface area contributed by atoms with Gasteiger partial charge in [-0.25, -0.2) is 10.4 Å². The van der Waals surface area contributed by atoms with Crippen molar-refractivity contribution in [3.8, 4) is 6.07 Å². The van der Waals surface area contributed by atoms with Crippen molar-refractivity contribution in [2.24, 2.45) is 0 Å². The number of carbonyl (C=O) groups is 1. The van der Waals surface area contributed by atoms with Gasteiger partial charge in [0.05, 0.1) is 41.2 Å². The van der Waals surface area contributed by atoms with E-state index in [9.17, 15) is 4.79 Å². The molecule has 3 aromatic rings. The Morgan fingerprint density at radius 2 is 1.91 bits per heavy atom. The summed E-state index contributed by atoms with van der Waals surface area (Å²) in [6.07, 6.45) is 4.31. The maximum Gasteiger partial charge on any atom is 0.242 e. The minimum Gasteiger partial charge on any atom is -0.330 e. The molecule has 0 radical (unpaired) electrons. The van der Waals surface area contributed by atoms with E-state index in [1.165, 1.54) is 0 Å². The molecule has 0 saturated heterocycles. The first-order chi connectivity index (χ1) is 16.3. The van der Waals surface area contributed by atoms with Gasteiger partial charge in [0.2, 0.25) is 5.91 Å². The summed E-state index contributed by atoms with van der Waals surface area (Å²) in [6, 6.07) is 19.3. The highest BCUT2D eigenvalue weighted by Crippen LogP contribution is 2.27. The number of halogens is 2. The van der Waals surface area contributed by atoms with Crippen molar-refractivity contribution in [3.63, 3.8) is 0 Å². The molecule has 0 aliphatic heterocycles. The minimum absolute atomic E-state index is 0.0953. The number of hydrazine groups is 1. The lowest BCUT2D eigenvalue weighted by Crippen LogP contribution is -2.48. The van der Waals surface area contributed by atoms with Gasteiger partial charge in [-0.2, -0.15) is 5.26 Å². The number of hydrogen-bond acceptors (Lipinski definition) is 4. The molecule has 2 atom stereocenters. The molecule has 2 aromatic carbocycles. The van der Waals surface area contributed by atoms with Crippen LogP contribution in [0.1, 0.15) is 42.7 Å². The molecule has 0 aliphatic rings. The highest BCUT2D eigenvalue weighted by atomic mass is 35.5. The van der Waals surface area contributed by atoms with Crippen molar-refractivity contribution in [2.45, 2.75) is 50.0 Å². The normalized spacial score (nSPS) is 13.6. The number of aromatic nitrogens is 2.